The van der Waals surface area contributed by atoms with Crippen LogP contribution in [0.15, 0.2) is 36.5 Å². The molecule has 3 nitrogen and oxygen atoms in total. The van der Waals surface area contributed by atoms with Gasteiger partial charge >= 0.3 is 0 Å². The molecule has 1 aromatic heterocycles. The summed E-state index contributed by atoms with van der Waals surface area (Å²) in [5.74, 6) is 0. The zero-order valence-corrected chi connectivity index (χ0v) is 8.14. The summed E-state index contributed by atoms with van der Waals surface area (Å²) in [7, 11) is 0. The fraction of sp³-hybridized carbons (Fsp3) is 0.182. The largest absolute Gasteiger partial charge is 0.399 e. The number of hydrogen-bond acceptors (Lipinski definition) is 2. The second-order valence-electron chi connectivity index (χ2n) is 3.20. The first-order valence-electron chi connectivity index (χ1n) is 4.70. The Hall–Kier alpha value is -1.77. The molecule has 0 amide bonds. The molecule has 0 spiro atoms. The van der Waals surface area contributed by atoms with Crippen molar-refractivity contribution in [3.63, 3.8) is 0 Å². The van der Waals surface area contributed by atoms with E-state index in [4.69, 9.17) is 5.73 Å². The van der Waals surface area contributed by atoms with Gasteiger partial charge in [0.1, 0.15) is 0 Å². The lowest BCUT2D eigenvalue weighted by Gasteiger charge is -2.00. The van der Waals surface area contributed by atoms with Gasteiger partial charge in [0.15, 0.2) is 0 Å². The normalized spacial score (nSPS) is 10.4. The Labute approximate surface area is 83.2 Å². The minimum Gasteiger partial charge on any atom is -0.399 e. The average molecular weight is 187 g/mol. The van der Waals surface area contributed by atoms with E-state index in [1.165, 1.54) is 0 Å². The summed E-state index contributed by atoms with van der Waals surface area (Å²) in [6.45, 7) is 2.09. The first-order chi connectivity index (χ1) is 6.79. The van der Waals surface area contributed by atoms with Gasteiger partial charge in [0.05, 0.1) is 11.4 Å². The average Bonchev–Trinajstić information content (AvgIpc) is 2.67. The molecule has 0 saturated heterocycles. The van der Waals surface area contributed by atoms with Crippen LogP contribution in [0.5, 0.6) is 0 Å². The third-order valence-corrected chi connectivity index (χ3v) is 2.16. The van der Waals surface area contributed by atoms with Gasteiger partial charge in [-0.15, -0.1) is 0 Å². The molecule has 14 heavy (non-hydrogen) atoms. The van der Waals surface area contributed by atoms with Crippen molar-refractivity contribution in [2.75, 3.05) is 5.73 Å². The third kappa shape index (κ3) is 1.62. The number of nitrogens with two attached hydrogens (primary N) is 1. The molecule has 0 aliphatic rings. The Morgan fingerprint density at radius 2 is 1.93 bits per heavy atom. The molecule has 1 heterocycles. The summed E-state index contributed by atoms with van der Waals surface area (Å²) in [6.07, 6.45) is 2.92. The Morgan fingerprint density at radius 3 is 2.50 bits per heavy atom. The maximum absolute atomic E-state index is 5.61. The fourth-order valence-electron chi connectivity index (χ4n) is 1.32. The number of aromatic nitrogens is 2. The van der Waals surface area contributed by atoms with Gasteiger partial charge in [0.2, 0.25) is 0 Å². The summed E-state index contributed by atoms with van der Waals surface area (Å²) in [6, 6.07) is 9.70. The zero-order valence-electron chi connectivity index (χ0n) is 8.14. The smallest absolute Gasteiger partial charge is 0.0647 e. The number of rotatable bonds is 2. The molecule has 2 aromatic rings. The van der Waals surface area contributed by atoms with E-state index in [2.05, 4.69) is 12.0 Å². The van der Waals surface area contributed by atoms with Crippen molar-refractivity contribution in [2.24, 2.45) is 0 Å². The van der Waals surface area contributed by atoms with Crippen molar-refractivity contribution < 1.29 is 0 Å². The van der Waals surface area contributed by atoms with E-state index in [1.807, 2.05) is 41.2 Å². The SMILES string of the molecule is CCc1ccn(-c2ccc(N)cc2)n1. The van der Waals surface area contributed by atoms with Crippen molar-refractivity contribution in [3.8, 4) is 5.69 Å². The maximum Gasteiger partial charge on any atom is 0.0647 e. The number of hydrogen-bond donors (Lipinski definition) is 1. The molecule has 0 aliphatic heterocycles. The van der Waals surface area contributed by atoms with E-state index in [-0.39, 0.29) is 0 Å². The van der Waals surface area contributed by atoms with Crippen molar-refractivity contribution in [1.82, 2.24) is 9.78 Å². The number of nitrogens with zero attached hydrogens (tertiary/aromatic N) is 2. The first kappa shape index (κ1) is 8.81. The van der Waals surface area contributed by atoms with Gasteiger partial charge in [-0.2, -0.15) is 5.10 Å². The molecule has 0 saturated carbocycles. The van der Waals surface area contributed by atoms with Crippen LogP contribution in [-0.4, -0.2) is 9.78 Å². The van der Waals surface area contributed by atoms with Crippen LogP contribution >= 0.6 is 0 Å². The second-order valence-corrected chi connectivity index (χ2v) is 3.20. The van der Waals surface area contributed by atoms with Crippen LogP contribution < -0.4 is 5.73 Å². The molecular weight excluding hydrogens is 174 g/mol. The molecule has 3 heteroatoms. The number of aryl methyl sites for hydroxylation is 1. The predicted octanol–water partition coefficient (Wildman–Crippen LogP) is 2.02. The Kier molecular flexibility index (Phi) is 2.23. The summed E-state index contributed by atoms with van der Waals surface area (Å²) in [5.41, 5.74) is 8.52. The van der Waals surface area contributed by atoms with Crippen LogP contribution in [0, 0.1) is 0 Å². The molecule has 0 fully saturated rings. The van der Waals surface area contributed by atoms with Gasteiger partial charge in [-0.25, -0.2) is 4.68 Å². The molecule has 0 radical (unpaired) electrons. The van der Waals surface area contributed by atoms with Crippen LogP contribution in [0.1, 0.15) is 12.6 Å². The van der Waals surface area contributed by atoms with Crippen molar-refractivity contribution in [1.29, 1.82) is 0 Å². The van der Waals surface area contributed by atoms with Crippen LogP contribution in [0.3, 0.4) is 0 Å². The van der Waals surface area contributed by atoms with Gasteiger partial charge in [0, 0.05) is 11.9 Å². The summed E-state index contributed by atoms with van der Waals surface area (Å²) in [5, 5.41) is 4.40. The van der Waals surface area contributed by atoms with Gasteiger partial charge < -0.3 is 5.73 Å². The van der Waals surface area contributed by atoms with E-state index < -0.39 is 0 Å². The highest BCUT2D eigenvalue weighted by Crippen LogP contribution is 2.10. The van der Waals surface area contributed by atoms with Gasteiger partial charge in [-0.3, -0.25) is 0 Å². The highest BCUT2D eigenvalue weighted by atomic mass is 15.3. The molecule has 2 rings (SSSR count). The molecule has 0 atom stereocenters. The lowest BCUT2D eigenvalue weighted by Crippen LogP contribution is -1.96. The molecule has 0 bridgehead atoms. The third-order valence-electron chi connectivity index (χ3n) is 2.16. The van der Waals surface area contributed by atoms with Gasteiger partial charge in [-0.1, -0.05) is 6.92 Å². The minimum atomic E-state index is 0.775. The fourth-order valence-corrected chi connectivity index (χ4v) is 1.32. The lowest BCUT2D eigenvalue weighted by molar-refractivity contribution is 0.841. The van der Waals surface area contributed by atoms with Gasteiger partial charge in [-0.05, 0) is 36.8 Å². The molecule has 2 N–H and O–H groups in total. The number of anilines is 1. The van der Waals surface area contributed by atoms with Crippen molar-refractivity contribution in [3.05, 3.63) is 42.2 Å². The monoisotopic (exact) mass is 187 g/mol. The van der Waals surface area contributed by atoms with E-state index in [9.17, 15) is 0 Å². The highest BCUT2D eigenvalue weighted by molar-refractivity contribution is 5.44. The number of benzene rings is 1. The van der Waals surface area contributed by atoms with Crippen LogP contribution in [0.4, 0.5) is 5.69 Å². The molecule has 72 valence electrons. The predicted molar refractivity (Wildman–Crippen MR) is 57.4 cm³/mol. The topological polar surface area (TPSA) is 43.8 Å². The minimum absolute atomic E-state index is 0.775. The standard InChI is InChI=1S/C11H13N3/c1-2-10-7-8-14(13-10)11-5-3-9(12)4-6-11/h3-8H,2,12H2,1H3. The van der Waals surface area contributed by atoms with E-state index in [0.717, 1.165) is 23.5 Å². The van der Waals surface area contributed by atoms with Crippen LogP contribution in [0.2, 0.25) is 0 Å². The van der Waals surface area contributed by atoms with E-state index in [1.54, 1.807) is 0 Å². The molecule has 1 aromatic carbocycles. The van der Waals surface area contributed by atoms with Gasteiger partial charge in [0.25, 0.3) is 0 Å². The first-order valence-corrected chi connectivity index (χ1v) is 4.70. The quantitative estimate of drug-likeness (QED) is 0.731. The Morgan fingerprint density at radius 1 is 1.21 bits per heavy atom. The van der Waals surface area contributed by atoms with Crippen molar-refractivity contribution in [2.45, 2.75) is 13.3 Å². The summed E-state index contributed by atoms with van der Waals surface area (Å²) in [4.78, 5) is 0. The highest BCUT2D eigenvalue weighted by Gasteiger charge is 1.98. The van der Waals surface area contributed by atoms with E-state index >= 15 is 0 Å². The zero-order chi connectivity index (χ0) is 9.97. The van der Waals surface area contributed by atoms with Crippen LogP contribution in [-0.2, 0) is 6.42 Å². The molecule has 0 unspecified atom stereocenters. The number of nitrogen functional groups attached to an aromatic ring is 1. The maximum atomic E-state index is 5.61. The molecule has 0 aliphatic carbocycles. The summed E-state index contributed by atoms with van der Waals surface area (Å²) >= 11 is 0. The van der Waals surface area contributed by atoms with E-state index in [0.29, 0.717) is 0 Å². The van der Waals surface area contributed by atoms with Crippen LogP contribution in [0.25, 0.3) is 5.69 Å². The molecular formula is C11H13N3. The lowest BCUT2D eigenvalue weighted by atomic mass is 10.3. The Balaban J connectivity index is 2.34. The Bertz CT molecular complexity index is 414. The second kappa shape index (κ2) is 3.54. The van der Waals surface area contributed by atoms with Crippen molar-refractivity contribution >= 4 is 5.69 Å². The summed E-state index contributed by atoms with van der Waals surface area (Å²) < 4.78 is 1.86.